The zero-order chi connectivity index (χ0) is 10.8. The maximum atomic E-state index is 2.35. The van der Waals surface area contributed by atoms with Crippen molar-refractivity contribution in [3.63, 3.8) is 0 Å². The summed E-state index contributed by atoms with van der Waals surface area (Å²) < 4.78 is 1.04. The van der Waals surface area contributed by atoms with E-state index in [0.29, 0.717) is 0 Å². The molecule has 0 aliphatic heterocycles. The summed E-state index contributed by atoms with van der Waals surface area (Å²) in [7, 11) is 0. The van der Waals surface area contributed by atoms with Crippen LogP contribution in [0.15, 0.2) is 0 Å². The molecule has 1 atom stereocenters. The Kier molecular flexibility index (Phi) is 10.9. The van der Waals surface area contributed by atoms with Crippen molar-refractivity contribution >= 4 is 22.5 Å². The summed E-state index contributed by atoms with van der Waals surface area (Å²) >= 11 is 1.77. The number of rotatable bonds is 9. The van der Waals surface area contributed by atoms with Crippen molar-refractivity contribution in [3.05, 3.63) is 0 Å². The van der Waals surface area contributed by atoms with E-state index in [4.69, 9.17) is 0 Å². The van der Waals surface area contributed by atoms with Gasteiger partial charge < -0.3 is 0 Å². The van der Waals surface area contributed by atoms with Gasteiger partial charge in [0.25, 0.3) is 0 Å². The average Bonchev–Trinajstić information content (AvgIpc) is 2.19. The molecule has 0 fully saturated rings. The molecule has 0 saturated carbocycles. The minimum absolute atomic E-state index is 1.01. The van der Waals surface area contributed by atoms with E-state index in [0.717, 1.165) is 9.85 Å². The first-order valence-corrected chi connectivity index (χ1v) is 8.12. The summed E-state index contributed by atoms with van der Waals surface area (Å²) in [4.78, 5) is 0. The third-order valence-corrected chi connectivity index (χ3v) is 5.41. The molecular weight excluding hydrogens is 275 g/mol. The fraction of sp³-hybridized carbons (Fsp3) is 1.00. The molecule has 83 valence electrons. The molecule has 0 amide bonds. The second-order valence-electron chi connectivity index (χ2n) is 4.39. The van der Waals surface area contributed by atoms with Gasteiger partial charge in [0.2, 0.25) is 0 Å². The molecule has 0 rings (SSSR count). The van der Waals surface area contributed by atoms with E-state index < -0.39 is 0 Å². The molecule has 0 aromatic carbocycles. The van der Waals surface area contributed by atoms with Crippen molar-refractivity contribution in [1.82, 2.24) is 0 Å². The Morgan fingerprint density at radius 3 is 1.93 bits per heavy atom. The molecule has 0 bridgehead atoms. The van der Waals surface area contributed by atoms with Crippen LogP contribution in [0.25, 0.3) is 0 Å². The van der Waals surface area contributed by atoms with Crippen molar-refractivity contribution in [2.24, 2.45) is 5.92 Å². The Morgan fingerprint density at radius 2 is 1.43 bits per heavy atom. The van der Waals surface area contributed by atoms with E-state index >= 15 is 0 Å². The summed E-state index contributed by atoms with van der Waals surface area (Å²) in [6.07, 6.45) is 11.5. The number of hydrogen-bond donors (Lipinski definition) is 0. The van der Waals surface area contributed by atoms with Crippen LogP contribution in [-0.4, -0.2) is 22.5 Å². The molecule has 0 aliphatic rings. The summed E-state index contributed by atoms with van der Waals surface area (Å²) in [5, 5.41) is 0. The number of unbranched alkanes of at least 4 members (excludes halogenated alkanes) is 4. The normalized spacial score (nSPS) is 13.5. The van der Waals surface area contributed by atoms with E-state index in [1.54, 1.807) is 22.5 Å². The van der Waals surface area contributed by atoms with Gasteiger partial charge in [0.1, 0.15) is 0 Å². The Balaban J connectivity index is 3.37. The SMILES string of the molecule is CCCCCCC[CH]([Sn])C(CC)CC. The molecule has 0 aliphatic carbocycles. The van der Waals surface area contributed by atoms with Crippen LogP contribution in [0.4, 0.5) is 0 Å². The topological polar surface area (TPSA) is 0 Å². The zero-order valence-corrected chi connectivity index (χ0v) is 13.2. The van der Waals surface area contributed by atoms with Crippen molar-refractivity contribution in [2.75, 3.05) is 0 Å². The molecule has 0 aromatic rings. The van der Waals surface area contributed by atoms with Crippen LogP contribution in [0.5, 0.6) is 0 Å². The van der Waals surface area contributed by atoms with Crippen molar-refractivity contribution in [2.45, 2.75) is 76.1 Å². The van der Waals surface area contributed by atoms with Gasteiger partial charge in [-0.15, -0.1) is 0 Å². The van der Waals surface area contributed by atoms with Gasteiger partial charge in [-0.05, 0) is 0 Å². The Labute approximate surface area is 104 Å². The van der Waals surface area contributed by atoms with Gasteiger partial charge in [0.05, 0.1) is 0 Å². The predicted molar refractivity (Wildman–Crippen MR) is 67.0 cm³/mol. The zero-order valence-electron chi connectivity index (χ0n) is 10.3. The van der Waals surface area contributed by atoms with E-state index in [1.165, 1.54) is 51.4 Å². The molecule has 0 heterocycles. The van der Waals surface area contributed by atoms with Crippen molar-refractivity contribution < 1.29 is 0 Å². The van der Waals surface area contributed by atoms with Crippen LogP contribution in [-0.2, 0) is 0 Å². The van der Waals surface area contributed by atoms with E-state index in [1.807, 2.05) is 0 Å². The third kappa shape index (κ3) is 7.14. The first-order valence-electron chi connectivity index (χ1n) is 6.47. The Hall–Kier alpha value is 0.799. The van der Waals surface area contributed by atoms with E-state index in [-0.39, 0.29) is 0 Å². The molecule has 0 spiro atoms. The van der Waals surface area contributed by atoms with Gasteiger partial charge in [-0.25, -0.2) is 0 Å². The molecule has 3 radical (unpaired) electrons. The van der Waals surface area contributed by atoms with E-state index in [2.05, 4.69) is 20.8 Å². The van der Waals surface area contributed by atoms with Crippen molar-refractivity contribution in [3.8, 4) is 0 Å². The van der Waals surface area contributed by atoms with Gasteiger partial charge in [-0.3, -0.25) is 0 Å². The minimum atomic E-state index is 1.01. The third-order valence-electron chi connectivity index (χ3n) is 3.24. The summed E-state index contributed by atoms with van der Waals surface area (Å²) in [5.41, 5.74) is 0. The molecule has 1 heteroatoms. The van der Waals surface area contributed by atoms with Crippen molar-refractivity contribution in [1.29, 1.82) is 0 Å². The molecule has 14 heavy (non-hydrogen) atoms. The van der Waals surface area contributed by atoms with Gasteiger partial charge in [-0.1, -0.05) is 0 Å². The number of hydrogen-bond acceptors (Lipinski definition) is 0. The molecule has 0 nitrogen and oxygen atoms in total. The first kappa shape index (κ1) is 14.8. The first-order chi connectivity index (χ1) is 6.76. The van der Waals surface area contributed by atoms with E-state index in [9.17, 15) is 0 Å². The van der Waals surface area contributed by atoms with Gasteiger partial charge in [0, 0.05) is 0 Å². The fourth-order valence-corrected chi connectivity index (χ4v) is 3.99. The molecule has 0 aromatic heterocycles. The predicted octanol–water partition coefficient (Wildman–Crippen LogP) is 4.74. The average molecular weight is 302 g/mol. The standard InChI is InChI=1S/C13H27.Sn/c1-4-7-8-9-10-11-12-13(5-2)6-3;/h12-13H,4-11H2,1-3H3;. The van der Waals surface area contributed by atoms with Crippen LogP contribution >= 0.6 is 0 Å². The second-order valence-corrected chi connectivity index (χ2v) is 6.50. The molecule has 0 N–H and O–H groups in total. The summed E-state index contributed by atoms with van der Waals surface area (Å²) in [6.45, 7) is 6.99. The molecule has 1 unspecified atom stereocenters. The van der Waals surface area contributed by atoms with Crippen LogP contribution in [0.2, 0.25) is 3.93 Å². The summed E-state index contributed by atoms with van der Waals surface area (Å²) in [6, 6.07) is 0. The quantitative estimate of drug-likeness (QED) is 0.426. The maximum absolute atomic E-state index is 2.35. The van der Waals surface area contributed by atoms with Gasteiger partial charge in [0.15, 0.2) is 0 Å². The molecular formula is C13H27Sn. The Bertz CT molecular complexity index is 108. The van der Waals surface area contributed by atoms with Crippen LogP contribution in [0, 0.1) is 5.92 Å². The summed E-state index contributed by atoms with van der Waals surface area (Å²) in [5.74, 6) is 1.01. The molecule has 0 saturated heterocycles. The second kappa shape index (κ2) is 10.3. The van der Waals surface area contributed by atoms with Gasteiger partial charge in [-0.2, -0.15) is 0 Å². The Morgan fingerprint density at radius 1 is 0.857 bits per heavy atom. The van der Waals surface area contributed by atoms with Gasteiger partial charge >= 0.3 is 105 Å². The van der Waals surface area contributed by atoms with Crippen LogP contribution in [0.3, 0.4) is 0 Å². The fourth-order valence-electron chi connectivity index (χ4n) is 2.06. The van der Waals surface area contributed by atoms with Crippen LogP contribution < -0.4 is 0 Å². The monoisotopic (exact) mass is 303 g/mol. The van der Waals surface area contributed by atoms with Crippen LogP contribution in [0.1, 0.15) is 72.1 Å².